The third-order valence-corrected chi connectivity index (χ3v) is 4.59. The number of aliphatic carboxylic acids is 1. The fourth-order valence-corrected chi connectivity index (χ4v) is 2.75. The second kappa shape index (κ2) is 24.3. The molecule has 7 nitrogen and oxygen atoms in total. The summed E-state index contributed by atoms with van der Waals surface area (Å²) in [6.45, 7) is -0.396. The van der Waals surface area contributed by atoms with Crippen LogP contribution in [0.2, 0.25) is 0 Å². The molecule has 0 heterocycles. The summed E-state index contributed by atoms with van der Waals surface area (Å²) < 4.78 is 0. The van der Waals surface area contributed by atoms with Gasteiger partial charge >= 0.3 is 5.97 Å². The molecule has 0 radical (unpaired) electrons. The smallest absolute Gasteiger partial charge is 0.332 e. The van der Waals surface area contributed by atoms with Crippen molar-refractivity contribution in [3.05, 3.63) is 0 Å². The van der Waals surface area contributed by atoms with E-state index >= 15 is 0 Å². The van der Waals surface area contributed by atoms with E-state index in [0.717, 1.165) is 25.7 Å². The molecule has 6 N–H and O–H groups in total. The van der Waals surface area contributed by atoms with Gasteiger partial charge in [-0.1, -0.05) is 83.5 Å². The zero-order valence-corrected chi connectivity index (χ0v) is 17.5. The Balaban J connectivity index is 0. The third kappa shape index (κ3) is 25.3. The van der Waals surface area contributed by atoms with Crippen molar-refractivity contribution in [1.82, 2.24) is 0 Å². The molecule has 7 heteroatoms. The zero-order chi connectivity index (χ0) is 21.5. The van der Waals surface area contributed by atoms with Crippen molar-refractivity contribution in [3.63, 3.8) is 0 Å². The summed E-state index contributed by atoms with van der Waals surface area (Å²) in [6, 6.07) is 0. The van der Waals surface area contributed by atoms with Gasteiger partial charge in [-0.05, 0) is 12.8 Å². The molecule has 0 aromatic rings. The normalized spacial score (nSPS) is 11.9. The van der Waals surface area contributed by atoms with Gasteiger partial charge in [0, 0.05) is 6.61 Å². The first-order valence-electron chi connectivity index (χ1n) is 10.9. The summed E-state index contributed by atoms with van der Waals surface area (Å²) in [5.41, 5.74) is 0. The second-order valence-corrected chi connectivity index (χ2v) is 7.34. The lowest BCUT2D eigenvalue weighted by Crippen LogP contribution is -2.18. The highest BCUT2D eigenvalue weighted by molar-refractivity contribution is 5.71. The molecule has 0 aliphatic carbocycles. The van der Waals surface area contributed by atoms with Gasteiger partial charge in [0.05, 0.1) is 13.2 Å². The molecule has 1 unspecified atom stereocenters. The van der Waals surface area contributed by atoms with Crippen molar-refractivity contribution >= 4 is 5.97 Å². The fourth-order valence-electron chi connectivity index (χ4n) is 2.75. The Morgan fingerprint density at radius 3 is 1.14 bits per heavy atom. The Bertz CT molecular complexity index is 309. The van der Waals surface area contributed by atoms with Gasteiger partial charge in [0.25, 0.3) is 0 Å². The van der Waals surface area contributed by atoms with Crippen molar-refractivity contribution in [2.45, 2.75) is 109 Å². The van der Waals surface area contributed by atoms with Crippen LogP contribution in [0.25, 0.3) is 0 Å². The van der Waals surface area contributed by atoms with Crippen LogP contribution in [0.5, 0.6) is 0 Å². The molecule has 1 atom stereocenters. The molecular formula is C21H44O7. The number of hydrogen-bond acceptors (Lipinski definition) is 6. The highest BCUT2D eigenvalue weighted by Crippen LogP contribution is 2.13. The molecule has 170 valence electrons. The highest BCUT2D eigenvalue weighted by atomic mass is 16.4. The van der Waals surface area contributed by atoms with Gasteiger partial charge in [-0.15, -0.1) is 0 Å². The lowest BCUT2D eigenvalue weighted by Gasteiger charge is -2.05. The lowest BCUT2D eigenvalue weighted by atomic mass is 10.0. The fraction of sp³-hybridized carbons (Fsp3) is 0.952. The summed E-state index contributed by atoms with van der Waals surface area (Å²) in [5.74, 6) is -1.10. The van der Waals surface area contributed by atoms with Crippen LogP contribution in [0, 0.1) is 0 Å². The van der Waals surface area contributed by atoms with Crippen molar-refractivity contribution in [3.8, 4) is 0 Å². The predicted molar refractivity (Wildman–Crippen MR) is 110 cm³/mol. The summed E-state index contributed by atoms with van der Waals surface area (Å²) in [6.07, 6.45) is 15.1. The lowest BCUT2D eigenvalue weighted by molar-refractivity contribution is -0.146. The van der Waals surface area contributed by atoms with Crippen LogP contribution in [-0.4, -0.2) is 68.6 Å². The van der Waals surface area contributed by atoms with E-state index < -0.39 is 18.2 Å². The van der Waals surface area contributed by atoms with E-state index in [0.29, 0.717) is 13.0 Å². The Morgan fingerprint density at radius 1 is 0.571 bits per heavy atom. The first-order chi connectivity index (χ1) is 13.5. The maximum absolute atomic E-state index is 10.4. The van der Waals surface area contributed by atoms with E-state index in [2.05, 4.69) is 0 Å². The van der Waals surface area contributed by atoms with Gasteiger partial charge in [-0.3, -0.25) is 0 Å². The van der Waals surface area contributed by atoms with Crippen LogP contribution >= 0.6 is 0 Å². The maximum atomic E-state index is 10.4. The summed E-state index contributed by atoms with van der Waals surface area (Å²) in [4.78, 5) is 10.4. The highest BCUT2D eigenvalue weighted by Gasteiger charge is 2.11. The predicted octanol–water partition coefficient (Wildman–Crippen LogP) is 2.61. The van der Waals surface area contributed by atoms with E-state index in [-0.39, 0.29) is 13.2 Å². The first kappa shape index (κ1) is 29.5. The molecule has 0 amide bonds. The number of aliphatic hydroxyl groups is 5. The van der Waals surface area contributed by atoms with E-state index in [1.807, 2.05) is 0 Å². The summed E-state index contributed by atoms with van der Waals surface area (Å²) in [5, 5.41) is 50.3. The molecule has 0 aliphatic heterocycles. The minimum absolute atomic E-state index is 0.333. The molecule has 0 saturated carbocycles. The average Bonchev–Trinajstić information content (AvgIpc) is 2.70. The van der Waals surface area contributed by atoms with E-state index in [1.54, 1.807) is 0 Å². The van der Waals surface area contributed by atoms with Crippen molar-refractivity contribution < 1.29 is 35.4 Å². The van der Waals surface area contributed by atoms with Crippen LogP contribution in [0.3, 0.4) is 0 Å². The van der Waals surface area contributed by atoms with Crippen LogP contribution < -0.4 is 0 Å². The Hall–Kier alpha value is -0.730. The molecular weight excluding hydrogens is 364 g/mol. The van der Waals surface area contributed by atoms with Crippen molar-refractivity contribution in [1.29, 1.82) is 0 Å². The molecule has 0 fully saturated rings. The van der Waals surface area contributed by atoms with Gasteiger partial charge in [-0.25, -0.2) is 4.79 Å². The monoisotopic (exact) mass is 408 g/mol. The van der Waals surface area contributed by atoms with Crippen molar-refractivity contribution in [2.24, 2.45) is 0 Å². The van der Waals surface area contributed by atoms with Crippen LogP contribution in [0.1, 0.15) is 96.3 Å². The number of hydrogen-bond donors (Lipinski definition) is 6. The Labute approximate surface area is 170 Å². The van der Waals surface area contributed by atoms with Crippen LogP contribution in [-0.2, 0) is 4.79 Å². The minimum Gasteiger partial charge on any atom is -0.479 e. The number of aliphatic hydroxyl groups excluding tert-OH is 5. The molecule has 0 aromatic carbocycles. The number of rotatable bonds is 19. The molecule has 0 aliphatic rings. The molecule has 0 aromatic heterocycles. The maximum Gasteiger partial charge on any atom is 0.332 e. The molecule has 0 rings (SSSR count). The number of unbranched alkanes of at least 4 members (excludes halogenated alkanes) is 13. The van der Waals surface area contributed by atoms with E-state index in [4.69, 9.17) is 30.6 Å². The number of carbonyl (C=O) groups is 1. The zero-order valence-electron chi connectivity index (χ0n) is 17.5. The summed E-state index contributed by atoms with van der Waals surface area (Å²) in [7, 11) is 0. The van der Waals surface area contributed by atoms with Gasteiger partial charge in [0.1, 0.15) is 6.10 Å². The second-order valence-electron chi connectivity index (χ2n) is 7.34. The van der Waals surface area contributed by atoms with Crippen molar-refractivity contribution in [2.75, 3.05) is 19.8 Å². The van der Waals surface area contributed by atoms with Crippen LogP contribution in [0.15, 0.2) is 0 Å². The van der Waals surface area contributed by atoms with Crippen LogP contribution in [0.4, 0.5) is 0 Å². The minimum atomic E-state index is -1.18. The topological polar surface area (TPSA) is 138 Å². The third-order valence-electron chi connectivity index (χ3n) is 4.59. The van der Waals surface area contributed by atoms with E-state index in [1.165, 1.54) is 64.2 Å². The standard InChI is InChI=1S/C18H36O4.C3H8O3/c19-16-14-12-10-8-6-4-2-1-3-5-7-9-11-13-15-17(20)18(21)22;4-1-3(6)2-5/h17,19-20H,1-16H2,(H,21,22);3-6H,1-2H2. The Kier molecular flexibility index (Phi) is 25.6. The molecule has 0 saturated heterocycles. The van der Waals surface area contributed by atoms with E-state index in [9.17, 15) is 4.79 Å². The summed E-state index contributed by atoms with van der Waals surface area (Å²) >= 11 is 0. The van der Waals surface area contributed by atoms with Gasteiger partial charge < -0.3 is 30.6 Å². The molecule has 0 spiro atoms. The first-order valence-corrected chi connectivity index (χ1v) is 10.9. The van der Waals surface area contributed by atoms with Gasteiger partial charge in [0.15, 0.2) is 6.10 Å². The quantitative estimate of drug-likeness (QED) is 0.181. The SMILES string of the molecule is O=C(O)C(O)CCCCCCCCCCCCCCCCO.OCC(O)CO. The Morgan fingerprint density at radius 2 is 0.893 bits per heavy atom. The largest absolute Gasteiger partial charge is 0.479 e. The van der Waals surface area contributed by atoms with Gasteiger partial charge in [-0.2, -0.15) is 0 Å². The molecule has 28 heavy (non-hydrogen) atoms. The molecule has 0 bridgehead atoms. The number of carboxylic acids is 1. The average molecular weight is 409 g/mol. The number of carboxylic acid groups (broad SMARTS) is 1. The van der Waals surface area contributed by atoms with Gasteiger partial charge in [0.2, 0.25) is 0 Å².